The van der Waals surface area contributed by atoms with Crippen LogP contribution in [0.4, 0.5) is 0 Å². The van der Waals surface area contributed by atoms with E-state index in [4.69, 9.17) is 18.9 Å². The normalized spacial score (nSPS) is 13.4. The van der Waals surface area contributed by atoms with Gasteiger partial charge in [0, 0.05) is 41.9 Å². The molecule has 0 saturated heterocycles. The molecule has 0 bridgehead atoms. The van der Waals surface area contributed by atoms with Crippen LogP contribution in [0.2, 0.25) is 0 Å². The third-order valence-corrected chi connectivity index (χ3v) is 9.20. The second kappa shape index (κ2) is 18.0. The molecule has 284 valence electrons. The molecular weight excluding hydrogens is 684 g/mol. The number of hydrogen-bond acceptors (Lipinski definition) is 12. The smallest absolute Gasteiger partial charge is 0.326 e. The summed E-state index contributed by atoms with van der Waals surface area (Å²) >= 11 is 0. The van der Waals surface area contributed by atoms with Crippen molar-refractivity contribution >= 4 is 11.9 Å². The van der Waals surface area contributed by atoms with Crippen molar-refractivity contribution in [2.24, 2.45) is 0 Å². The van der Waals surface area contributed by atoms with Gasteiger partial charge in [0.25, 0.3) is 0 Å². The van der Waals surface area contributed by atoms with Crippen molar-refractivity contribution in [2.45, 2.75) is 71.5 Å². The van der Waals surface area contributed by atoms with E-state index in [1.165, 1.54) is 21.1 Å². The van der Waals surface area contributed by atoms with Crippen LogP contribution in [-0.4, -0.2) is 80.8 Å². The molecule has 0 aliphatic rings. The molecule has 0 unspecified atom stereocenters. The number of carboxylic acid groups (broad SMARTS) is 2. The largest absolute Gasteiger partial charge is 0.481 e. The monoisotopic (exact) mass is 732 g/mol. The standard InChI is InChI=1S/C39H48N4O10/c1-24-28(20-52-32-15-13-26(35(42-32)50-5)18-40-38(3,22-44)17-34(46)47)9-7-11-30(24)31-12-8-10-29(25(31)2)21-53-33-16-14-27(36(43-33)51-6)19-41-39(4,23-45)37(48)49/h7-16,40-41,44-45H,17-23H2,1-6H3,(H,46,47)(H,48,49)/t38-,39+/m1/s1. The number of rotatable bonds is 20. The molecule has 2 aromatic carbocycles. The molecule has 14 heteroatoms. The number of aliphatic hydroxyl groups is 2. The van der Waals surface area contributed by atoms with Crippen molar-refractivity contribution in [1.29, 1.82) is 0 Å². The fourth-order valence-electron chi connectivity index (χ4n) is 5.56. The Balaban J connectivity index is 1.44. The predicted octanol–water partition coefficient (Wildman–Crippen LogP) is 4.18. The van der Waals surface area contributed by atoms with Gasteiger partial charge in [0.15, 0.2) is 0 Å². The maximum absolute atomic E-state index is 11.5. The molecule has 4 aromatic rings. The molecule has 0 radical (unpaired) electrons. The first-order chi connectivity index (χ1) is 25.3. The average Bonchev–Trinajstić information content (AvgIpc) is 3.15. The van der Waals surface area contributed by atoms with Crippen LogP contribution in [-0.2, 0) is 35.9 Å². The fraction of sp³-hybridized carbons (Fsp3) is 0.385. The number of carbonyl (C=O) groups is 2. The van der Waals surface area contributed by atoms with E-state index in [9.17, 15) is 30.0 Å². The average molecular weight is 733 g/mol. The summed E-state index contributed by atoms with van der Waals surface area (Å²) in [5.41, 5.74) is 4.87. The number of aliphatic carboxylic acids is 2. The Bertz CT molecular complexity index is 1900. The molecule has 6 N–H and O–H groups in total. The summed E-state index contributed by atoms with van der Waals surface area (Å²) in [5, 5.41) is 43.8. The van der Waals surface area contributed by atoms with Crippen LogP contribution in [0, 0.1) is 13.8 Å². The topological polar surface area (TPSA) is 202 Å². The minimum Gasteiger partial charge on any atom is -0.481 e. The Kier molecular flexibility index (Phi) is 13.7. The van der Waals surface area contributed by atoms with E-state index in [-0.39, 0.29) is 45.2 Å². The van der Waals surface area contributed by atoms with Gasteiger partial charge in [0.1, 0.15) is 18.8 Å². The highest BCUT2D eigenvalue weighted by atomic mass is 16.5. The number of methoxy groups -OCH3 is 2. The van der Waals surface area contributed by atoms with Gasteiger partial charge in [0.05, 0.1) is 33.9 Å². The molecule has 0 amide bonds. The van der Waals surface area contributed by atoms with Gasteiger partial charge in [-0.2, -0.15) is 9.97 Å². The number of aliphatic hydroxyl groups excluding tert-OH is 2. The third-order valence-electron chi connectivity index (χ3n) is 9.20. The molecule has 53 heavy (non-hydrogen) atoms. The lowest BCUT2D eigenvalue weighted by Gasteiger charge is -2.27. The zero-order valence-electron chi connectivity index (χ0n) is 30.9. The molecule has 0 spiro atoms. The van der Waals surface area contributed by atoms with Crippen LogP contribution < -0.4 is 29.6 Å². The van der Waals surface area contributed by atoms with Gasteiger partial charge in [-0.1, -0.05) is 36.4 Å². The third kappa shape index (κ3) is 10.2. The first-order valence-corrected chi connectivity index (χ1v) is 16.9. The second-order valence-electron chi connectivity index (χ2n) is 13.2. The Morgan fingerprint density at radius 3 is 1.55 bits per heavy atom. The van der Waals surface area contributed by atoms with Crippen molar-refractivity contribution < 1.29 is 49.0 Å². The first kappa shape index (κ1) is 40.5. The number of ether oxygens (including phenoxy) is 4. The first-order valence-electron chi connectivity index (χ1n) is 16.9. The molecular formula is C39H48N4O10. The van der Waals surface area contributed by atoms with E-state index < -0.39 is 29.6 Å². The van der Waals surface area contributed by atoms with Gasteiger partial charge >= 0.3 is 11.9 Å². The van der Waals surface area contributed by atoms with Crippen molar-refractivity contribution in [3.63, 3.8) is 0 Å². The summed E-state index contributed by atoms with van der Waals surface area (Å²) in [7, 11) is 2.97. The van der Waals surface area contributed by atoms with E-state index in [2.05, 4.69) is 32.7 Å². The summed E-state index contributed by atoms with van der Waals surface area (Å²) in [6.45, 7) is 7.04. The molecule has 4 rings (SSSR count). The number of nitrogens with zero attached hydrogens (tertiary/aromatic N) is 2. The number of aromatic nitrogens is 2. The van der Waals surface area contributed by atoms with E-state index >= 15 is 0 Å². The molecule has 2 atom stereocenters. The van der Waals surface area contributed by atoms with E-state index in [0.29, 0.717) is 28.8 Å². The number of pyridine rings is 2. The quantitative estimate of drug-likeness (QED) is 0.0756. The number of benzene rings is 2. The SMILES string of the molecule is COc1nc(OCc2cccc(-c3cccc(COc4ccc(CN[C@@](C)(CO)C(=O)O)c(OC)n4)c3C)c2C)ccc1CN[C@@](C)(CO)CC(=O)O. The molecule has 2 heterocycles. The minimum absolute atomic E-state index is 0.113. The van der Waals surface area contributed by atoms with Gasteiger partial charge in [0.2, 0.25) is 23.5 Å². The lowest BCUT2D eigenvalue weighted by Crippen LogP contribution is -2.52. The zero-order valence-corrected chi connectivity index (χ0v) is 30.9. The number of hydrogen-bond donors (Lipinski definition) is 6. The minimum atomic E-state index is -1.51. The van der Waals surface area contributed by atoms with E-state index in [0.717, 1.165) is 33.4 Å². The van der Waals surface area contributed by atoms with Crippen molar-refractivity contribution in [3.05, 3.63) is 94.0 Å². The maximum Gasteiger partial charge on any atom is 0.326 e. The van der Waals surface area contributed by atoms with Crippen LogP contribution in [0.3, 0.4) is 0 Å². The van der Waals surface area contributed by atoms with E-state index in [1.807, 2.05) is 38.1 Å². The summed E-state index contributed by atoms with van der Waals surface area (Å²) < 4.78 is 23.1. The van der Waals surface area contributed by atoms with Crippen LogP contribution in [0.15, 0.2) is 60.7 Å². The molecule has 0 aliphatic heterocycles. The molecule has 14 nitrogen and oxygen atoms in total. The number of nitrogens with one attached hydrogen (secondary N) is 2. The van der Waals surface area contributed by atoms with Crippen LogP contribution in [0.1, 0.15) is 53.6 Å². The highest BCUT2D eigenvalue weighted by Crippen LogP contribution is 2.32. The second-order valence-corrected chi connectivity index (χ2v) is 13.2. The van der Waals surface area contributed by atoms with Gasteiger partial charge in [-0.15, -0.1) is 0 Å². The van der Waals surface area contributed by atoms with Gasteiger partial charge in [-0.25, -0.2) is 0 Å². The van der Waals surface area contributed by atoms with E-state index in [1.54, 1.807) is 31.2 Å². The van der Waals surface area contributed by atoms with Gasteiger partial charge in [-0.05, 0) is 73.2 Å². The Morgan fingerprint density at radius 1 is 0.679 bits per heavy atom. The molecule has 2 aromatic heterocycles. The van der Waals surface area contributed by atoms with Gasteiger partial charge < -0.3 is 44.7 Å². The molecule has 0 fully saturated rings. The van der Waals surface area contributed by atoms with Crippen LogP contribution >= 0.6 is 0 Å². The highest BCUT2D eigenvalue weighted by Gasteiger charge is 2.32. The van der Waals surface area contributed by atoms with Gasteiger partial charge in [-0.3, -0.25) is 14.9 Å². The lowest BCUT2D eigenvalue weighted by atomic mass is 9.92. The Hall–Kier alpha value is -5.28. The summed E-state index contributed by atoms with van der Waals surface area (Å²) in [4.78, 5) is 31.7. The van der Waals surface area contributed by atoms with Crippen molar-refractivity contribution in [1.82, 2.24) is 20.6 Å². The molecule has 0 saturated carbocycles. The van der Waals surface area contributed by atoms with Crippen LogP contribution in [0.25, 0.3) is 11.1 Å². The summed E-state index contributed by atoms with van der Waals surface area (Å²) in [5.74, 6) is -0.882. The number of carboxylic acids is 2. The Labute approximate surface area is 308 Å². The highest BCUT2D eigenvalue weighted by molar-refractivity contribution is 5.78. The van der Waals surface area contributed by atoms with Crippen molar-refractivity contribution in [2.75, 3.05) is 27.4 Å². The lowest BCUT2D eigenvalue weighted by molar-refractivity contribution is -0.146. The summed E-state index contributed by atoms with van der Waals surface area (Å²) in [6, 6.07) is 19.0. The Morgan fingerprint density at radius 2 is 1.15 bits per heavy atom. The van der Waals surface area contributed by atoms with Crippen LogP contribution in [0.5, 0.6) is 23.5 Å². The molecule has 0 aliphatic carbocycles. The zero-order chi connectivity index (χ0) is 38.8. The van der Waals surface area contributed by atoms with Crippen molar-refractivity contribution in [3.8, 4) is 34.6 Å². The summed E-state index contributed by atoms with van der Waals surface area (Å²) in [6.07, 6.45) is -0.246. The maximum atomic E-state index is 11.5. The predicted molar refractivity (Wildman–Crippen MR) is 196 cm³/mol. The fourth-order valence-corrected chi connectivity index (χ4v) is 5.56.